The first-order chi connectivity index (χ1) is 13.0. The van der Waals surface area contributed by atoms with Gasteiger partial charge in [-0.3, -0.25) is 0 Å². The Hall–Kier alpha value is -2.30. The molecule has 5 heteroatoms. The van der Waals surface area contributed by atoms with E-state index in [2.05, 4.69) is 6.92 Å². The number of ether oxygens (including phenoxy) is 1. The van der Waals surface area contributed by atoms with Crippen LogP contribution < -0.4 is 16.2 Å². The lowest BCUT2D eigenvalue weighted by Crippen LogP contribution is -2.15. The van der Waals surface area contributed by atoms with Gasteiger partial charge in [-0.05, 0) is 67.3 Å². The maximum atomic E-state index is 14.7. The molecule has 0 atom stereocenters. The highest BCUT2D eigenvalue weighted by molar-refractivity contribution is 5.61. The molecular weight excluding hydrogens is 346 g/mol. The largest absolute Gasteiger partial charge is 0.452 e. The summed E-state index contributed by atoms with van der Waals surface area (Å²) in [6.07, 6.45) is 7.71. The van der Waals surface area contributed by atoms with Crippen LogP contribution >= 0.6 is 0 Å². The quantitative estimate of drug-likeness (QED) is 0.576. The number of hydrogen-bond donors (Lipinski definition) is 2. The Morgan fingerprint density at radius 3 is 2.33 bits per heavy atom. The molecule has 27 heavy (non-hydrogen) atoms. The molecule has 3 nitrogen and oxygen atoms in total. The van der Waals surface area contributed by atoms with Gasteiger partial charge in [-0.1, -0.05) is 32.3 Å². The zero-order chi connectivity index (χ0) is 19.4. The Kier molecular flexibility index (Phi) is 6.19. The third kappa shape index (κ3) is 4.52. The molecule has 4 N–H and O–H groups in total. The highest BCUT2D eigenvalue weighted by Crippen LogP contribution is 2.40. The lowest BCUT2D eigenvalue weighted by molar-refractivity contribution is 0.298. The zero-order valence-corrected chi connectivity index (χ0v) is 15.8. The number of hydrogen-bond acceptors (Lipinski definition) is 3. The Balaban J connectivity index is 1.72. The molecule has 1 fully saturated rings. The smallest absolute Gasteiger partial charge is 0.201 e. The number of halogens is 2. The molecule has 1 saturated carbocycles. The van der Waals surface area contributed by atoms with Gasteiger partial charge in [-0.15, -0.1) is 0 Å². The SMILES string of the molecule is CCCCC1CCC(c2ccc(Oc3ccc(N)cc3N)c(F)c2F)CC1. The van der Waals surface area contributed by atoms with Gasteiger partial charge in [-0.2, -0.15) is 4.39 Å². The minimum absolute atomic E-state index is 0.0769. The minimum Gasteiger partial charge on any atom is -0.452 e. The van der Waals surface area contributed by atoms with Crippen molar-refractivity contribution in [3.63, 3.8) is 0 Å². The second-order valence-electron chi connectivity index (χ2n) is 7.54. The van der Waals surface area contributed by atoms with Crippen LogP contribution in [0.1, 0.15) is 63.4 Å². The van der Waals surface area contributed by atoms with Crippen molar-refractivity contribution in [3.05, 3.63) is 47.5 Å². The van der Waals surface area contributed by atoms with Crippen molar-refractivity contribution in [2.45, 2.75) is 57.8 Å². The molecule has 0 amide bonds. The van der Waals surface area contributed by atoms with Crippen LogP contribution in [0, 0.1) is 17.6 Å². The van der Waals surface area contributed by atoms with E-state index in [1.54, 1.807) is 18.2 Å². The summed E-state index contributed by atoms with van der Waals surface area (Å²) in [5.41, 5.74) is 12.7. The van der Waals surface area contributed by atoms with Crippen molar-refractivity contribution in [1.29, 1.82) is 0 Å². The summed E-state index contributed by atoms with van der Waals surface area (Å²) < 4.78 is 34.8. The van der Waals surface area contributed by atoms with Gasteiger partial charge < -0.3 is 16.2 Å². The molecule has 1 aliphatic rings. The highest BCUT2D eigenvalue weighted by Gasteiger charge is 2.26. The van der Waals surface area contributed by atoms with E-state index in [1.165, 1.54) is 31.4 Å². The van der Waals surface area contributed by atoms with Crippen LogP contribution in [0.15, 0.2) is 30.3 Å². The molecule has 0 saturated heterocycles. The fraction of sp³-hybridized carbons (Fsp3) is 0.455. The topological polar surface area (TPSA) is 61.3 Å². The fourth-order valence-corrected chi connectivity index (χ4v) is 3.97. The first-order valence-corrected chi connectivity index (χ1v) is 9.80. The Morgan fingerprint density at radius 1 is 0.963 bits per heavy atom. The predicted octanol–water partition coefficient (Wildman–Crippen LogP) is 6.39. The Bertz CT molecular complexity index is 786. The lowest BCUT2D eigenvalue weighted by Gasteiger charge is -2.29. The zero-order valence-electron chi connectivity index (χ0n) is 15.8. The van der Waals surface area contributed by atoms with Crippen LogP contribution in [0.5, 0.6) is 11.5 Å². The third-order valence-electron chi connectivity index (χ3n) is 5.58. The van der Waals surface area contributed by atoms with Gasteiger partial charge in [0, 0.05) is 5.69 Å². The van der Waals surface area contributed by atoms with Gasteiger partial charge >= 0.3 is 0 Å². The molecule has 0 aliphatic heterocycles. The van der Waals surface area contributed by atoms with Crippen molar-refractivity contribution in [1.82, 2.24) is 0 Å². The summed E-state index contributed by atoms with van der Waals surface area (Å²) in [4.78, 5) is 0. The molecule has 0 heterocycles. The summed E-state index contributed by atoms with van der Waals surface area (Å²) in [5, 5.41) is 0. The van der Waals surface area contributed by atoms with Crippen molar-refractivity contribution in [3.8, 4) is 11.5 Å². The number of nitrogens with two attached hydrogens (primary N) is 2. The molecule has 146 valence electrons. The number of benzene rings is 2. The Labute approximate surface area is 159 Å². The van der Waals surface area contributed by atoms with Crippen molar-refractivity contribution >= 4 is 11.4 Å². The number of anilines is 2. The molecular formula is C22H28F2N2O. The average Bonchev–Trinajstić information content (AvgIpc) is 2.66. The summed E-state index contributed by atoms with van der Waals surface area (Å²) in [6.45, 7) is 2.20. The second kappa shape index (κ2) is 8.59. The summed E-state index contributed by atoms with van der Waals surface area (Å²) in [6, 6.07) is 7.82. The van der Waals surface area contributed by atoms with Gasteiger partial charge in [0.05, 0.1) is 5.69 Å². The van der Waals surface area contributed by atoms with Gasteiger partial charge in [0.1, 0.15) is 0 Å². The molecule has 0 spiro atoms. The van der Waals surface area contributed by atoms with Crippen LogP contribution in [0.25, 0.3) is 0 Å². The summed E-state index contributed by atoms with van der Waals surface area (Å²) in [7, 11) is 0. The van der Waals surface area contributed by atoms with E-state index < -0.39 is 11.6 Å². The fourth-order valence-electron chi connectivity index (χ4n) is 3.97. The van der Waals surface area contributed by atoms with E-state index in [0.717, 1.165) is 31.6 Å². The van der Waals surface area contributed by atoms with Crippen LogP contribution in [-0.4, -0.2) is 0 Å². The van der Waals surface area contributed by atoms with Crippen molar-refractivity contribution < 1.29 is 13.5 Å². The van der Waals surface area contributed by atoms with Gasteiger partial charge in [0.25, 0.3) is 0 Å². The first-order valence-electron chi connectivity index (χ1n) is 9.80. The van der Waals surface area contributed by atoms with E-state index in [9.17, 15) is 8.78 Å². The molecule has 2 aromatic rings. The second-order valence-corrected chi connectivity index (χ2v) is 7.54. The van der Waals surface area contributed by atoms with Gasteiger partial charge in [-0.25, -0.2) is 4.39 Å². The minimum atomic E-state index is -0.961. The van der Waals surface area contributed by atoms with E-state index >= 15 is 0 Å². The van der Waals surface area contributed by atoms with E-state index in [-0.39, 0.29) is 23.1 Å². The molecule has 0 aromatic heterocycles. The standard InChI is InChI=1S/C22H28F2N2O/c1-2-3-4-14-5-7-15(8-6-14)17-10-12-20(22(24)21(17)23)27-19-11-9-16(25)13-18(19)26/h9-15H,2-8,25-26H2,1H3. The highest BCUT2D eigenvalue weighted by atomic mass is 19.2. The van der Waals surface area contributed by atoms with Crippen LogP contribution in [0.2, 0.25) is 0 Å². The third-order valence-corrected chi connectivity index (χ3v) is 5.58. The maximum Gasteiger partial charge on any atom is 0.201 e. The van der Waals surface area contributed by atoms with Crippen LogP contribution in [-0.2, 0) is 0 Å². The number of unbranched alkanes of at least 4 members (excludes halogenated alkanes) is 1. The molecule has 0 unspecified atom stereocenters. The molecule has 2 aromatic carbocycles. The number of rotatable bonds is 6. The summed E-state index contributed by atoms with van der Waals surface area (Å²) in [5.74, 6) is -0.871. The van der Waals surface area contributed by atoms with Crippen molar-refractivity contribution in [2.24, 2.45) is 5.92 Å². The van der Waals surface area contributed by atoms with E-state index in [1.807, 2.05) is 0 Å². The maximum absolute atomic E-state index is 14.7. The lowest BCUT2D eigenvalue weighted by atomic mass is 9.77. The monoisotopic (exact) mass is 374 g/mol. The normalized spacial score (nSPS) is 19.8. The molecule has 0 radical (unpaired) electrons. The molecule has 3 rings (SSSR count). The first kappa shape index (κ1) is 19.5. The Morgan fingerprint density at radius 2 is 1.67 bits per heavy atom. The van der Waals surface area contributed by atoms with Crippen molar-refractivity contribution in [2.75, 3.05) is 11.5 Å². The van der Waals surface area contributed by atoms with Gasteiger partial charge in [0.2, 0.25) is 5.82 Å². The molecule has 0 bridgehead atoms. The summed E-state index contributed by atoms with van der Waals surface area (Å²) >= 11 is 0. The molecule has 1 aliphatic carbocycles. The van der Waals surface area contributed by atoms with E-state index in [0.29, 0.717) is 11.3 Å². The predicted molar refractivity (Wildman–Crippen MR) is 106 cm³/mol. The van der Waals surface area contributed by atoms with Gasteiger partial charge in [0.15, 0.2) is 17.3 Å². The average molecular weight is 374 g/mol. The van der Waals surface area contributed by atoms with Crippen LogP contribution in [0.3, 0.4) is 0 Å². The van der Waals surface area contributed by atoms with E-state index in [4.69, 9.17) is 16.2 Å². The number of nitrogen functional groups attached to an aromatic ring is 2. The van der Waals surface area contributed by atoms with Crippen LogP contribution in [0.4, 0.5) is 20.2 Å².